The molecular formula is C21H27N5O2S. The van der Waals surface area contributed by atoms with Crippen molar-refractivity contribution in [2.75, 3.05) is 5.32 Å². The molecule has 0 aliphatic heterocycles. The topological polar surface area (TPSA) is 81.8 Å². The van der Waals surface area contributed by atoms with Gasteiger partial charge in [-0.05, 0) is 46.2 Å². The Labute approximate surface area is 174 Å². The molecule has 154 valence electrons. The van der Waals surface area contributed by atoms with E-state index in [0.29, 0.717) is 21.9 Å². The van der Waals surface area contributed by atoms with Gasteiger partial charge in [0.25, 0.3) is 5.56 Å². The van der Waals surface area contributed by atoms with Gasteiger partial charge in [-0.25, -0.2) is 9.67 Å². The van der Waals surface area contributed by atoms with Crippen LogP contribution in [0.2, 0.25) is 0 Å². The van der Waals surface area contributed by atoms with Crippen LogP contribution in [-0.2, 0) is 4.79 Å². The number of carbonyl (C=O) groups is 1. The van der Waals surface area contributed by atoms with Gasteiger partial charge in [-0.3, -0.25) is 14.2 Å². The highest BCUT2D eigenvalue weighted by molar-refractivity contribution is 8.00. The molecule has 0 radical (unpaired) electrons. The summed E-state index contributed by atoms with van der Waals surface area (Å²) < 4.78 is 3.47. The van der Waals surface area contributed by atoms with E-state index in [9.17, 15) is 9.59 Å². The van der Waals surface area contributed by atoms with E-state index in [-0.39, 0.29) is 23.6 Å². The lowest BCUT2D eigenvalue weighted by molar-refractivity contribution is -0.115. The van der Waals surface area contributed by atoms with Crippen LogP contribution in [0.3, 0.4) is 0 Å². The van der Waals surface area contributed by atoms with Gasteiger partial charge in [0.1, 0.15) is 5.82 Å². The van der Waals surface area contributed by atoms with Crippen molar-refractivity contribution in [2.24, 2.45) is 0 Å². The predicted octanol–water partition coefficient (Wildman–Crippen LogP) is 4.26. The Balaban J connectivity index is 1.91. The highest BCUT2D eigenvalue weighted by atomic mass is 32.2. The van der Waals surface area contributed by atoms with Gasteiger partial charge in [0.2, 0.25) is 5.91 Å². The van der Waals surface area contributed by atoms with Gasteiger partial charge in [0.05, 0.1) is 22.3 Å². The fraction of sp³-hybridized carbons (Fsp3) is 0.429. The third kappa shape index (κ3) is 4.37. The van der Waals surface area contributed by atoms with Crippen LogP contribution in [-0.4, -0.2) is 30.5 Å². The molecule has 2 aromatic heterocycles. The zero-order valence-corrected chi connectivity index (χ0v) is 18.2. The number of nitrogens with one attached hydrogen (secondary N) is 1. The molecule has 0 aliphatic carbocycles. The maximum absolute atomic E-state index is 13.1. The van der Waals surface area contributed by atoms with Crippen LogP contribution in [0.25, 0.3) is 10.9 Å². The standard InChI is InChI=1S/C21H27N5O2S/c1-6-14(4)25-20(28)16-9-7-8-10-17(16)23-21(25)29-15(5)19(27)24-18-11-12-22-26(18)13(2)3/h7-15H,6H2,1-5H3,(H,24,27)/t14-,15-/m0/s1. The fourth-order valence-corrected chi connectivity index (χ4v) is 4.05. The molecule has 1 N–H and O–H groups in total. The van der Waals surface area contributed by atoms with Crippen molar-refractivity contribution in [2.45, 2.75) is 63.5 Å². The summed E-state index contributed by atoms with van der Waals surface area (Å²) in [4.78, 5) is 30.6. The smallest absolute Gasteiger partial charge is 0.262 e. The third-order valence-electron chi connectivity index (χ3n) is 4.87. The molecule has 3 rings (SSSR count). The quantitative estimate of drug-likeness (QED) is 0.462. The first-order valence-electron chi connectivity index (χ1n) is 9.85. The second-order valence-corrected chi connectivity index (χ2v) is 8.66. The van der Waals surface area contributed by atoms with Crippen LogP contribution < -0.4 is 10.9 Å². The second-order valence-electron chi connectivity index (χ2n) is 7.35. The summed E-state index contributed by atoms with van der Waals surface area (Å²) in [7, 11) is 0. The van der Waals surface area contributed by atoms with Crippen molar-refractivity contribution >= 4 is 34.4 Å². The largest absolute Gasteiger partial charge is 0.310 e. The summed E-state index contributed by atoms with van der Waals surface area (Å²) in [6.07, 6.45) is 2.46. The van der Waals surface area contributed by atoms with E-state index in [1.807, 2.05) is 52.8 Å². The maximum Gasteiger partial charge on any atom is 0.262 e. The number of amides is 1. The zero-order valence-electron chi connectivity index (χ0n) is 17.4. The highest BCUT2D eigenvalue weighted by Gasteiger charge is 2.22. The van der Waals surface area contributed by atoms with Gasteiger partial charge in [0.15, 0.2) is 5.16 Å². The van der Waals surface area contributed by atoms with E-state index in [1.54, 1.807) is 27.6 Å². The Bertz CT molecular complexity index is 1070. The molecular weight excluding hydrogens is 386 g/mol. The Kier molecular flexibility index (Phi) is 6.42. The number of rotatable bonds is 7. The average molecular weight is 414 g/mol. The van der Waals surface area contributed by atoms with Crippen molar-refractivity contribution in [3.63, 3.8) is 0 Å². The van der Waals surface area contributed by atoms with Crippen LogP contribution in [0, 0.1) is 0 Å². The summed E-state index contributed by atoms with van der Waals surface area (Å²) in [5, 5.41) is 7.89. The number of aromatic nitrogens is 4. The van der Waals surface area contributed by atoms with Gasteiger partial charge in [-0.15, -0.1) is 0 Å². The normalized spacial score (nSPS) is 13.6. The molecule has 0 saturated heterocycles. The number of carbonyl (C=O) groups excluding carboxylic acids is 1. The van der Waals surface area contributed by atoms with Crippen molar-refractivity contribution in [3.8, 4) is 0 Å². The molecule has 8 heteroatoms. The highest BCUT2D eigenvalue weighted by Crippen LogP contribution is 2.26. The molecule has 0 bridgehead atoms. The van der Waals surface area contributed by atoms with Crippen LogP contribution in [0.5, 0.6) is 0 Å². The summed E-state index contributed by atoms with van der Waals surface area (Å²) in [6, 6.07) is 9.22. The van der Waals surface area contributed by atoms with Gasteiger partial charge in [-0.2, -0.15) is 5.10 Å². The SMILES string of the molecule is CC[C@H](C)n1c(S[C@@H](C)C(=O)Nc2ccnn2C(C)C)nc2ccccc2c1=O. The molecule has 0 spiro atoms. The van der Waals surface area contributed by atoms with Crippen LogP contribution in [0.4, 0.5) is 5.82 Å². The Morgan fingerprint density at radius 3 is 2.59 bits per heavy atom. The predicted molar refractivity (Wildman–Crippen MR) is 118 cm³/mol. The molecule has 0 saturated carbocycles. The number of hydrogen-bond acceptors (Lipinski definition) is 5. The van der Waals surface area contributed by atoms with Crippen LogP contribution >= 0.6 is 11.8 Å². The van der Waals surface area contributed by atoms with Crippen molar-refractivity contribution in [1.29, 1.82) is 0 Å². The van der Waals surface area contributed by atoms with E-state index in [2.05, 4.69) is 10.4 Å². The molecule has 29 heavy (non-hydrogen) atoms. The molecule has 2 atom stereocenters. The molecule has 7 nitrogen and oxygen atoms in total. The average Bonchev–Trinajstić information content (AvgIpc) is 3.16. The monoisotopic (exact) mass is 413 g/mol. The lowest BCUT2D eigenvalue weighted by atomic mass is 10.2. The van der Waals surface area contributed by atoms with Crippen LogP contribution in [0.1, 0.15) is 53.1 Å². The van der Waals surface area contributed by atoms with Gasteiger partial charge in [0, 0.05) is 18.2 Å². The first-order chi connectivity index (χ1) is 13.8. The summed E-state index contributed by atoms with van der Waals surface area (Å²) in [5.41, 5.74) is 0.572. The minimum atomic E-state index is -0.436. The minimum absolute atomic E-state index is 0.0141. The first kappa shape index (κ1) is 21.1. The zero-order chi connectivity index (χ0) is 21.1. The minimum Gasteiger partial charge on any atom is -0.310 e. The van der Waals surface area contributed by atoms with E-state index < -0.39 is 5.25 Å². The third-order valence-corrected chi connectivity index (χ3v) is 5.94. The van der Waals surface area contributed by atoms with E-state index in [4.69, 9.17) is 4.98 Å². The molecule has 0 unspecified atom stereocenters. The number of nitrogens with zero attached hydrogens (tertiary/aromatic N) is 4. The molecule has 0 fully saturated rings. The Morgan fingerprint density at radius 1 is 1.17 bits per heavy atom. The number of thioether (sulfide) groups is 1. The first-order valence-corrected chi connectivity index (χ1v) is 10.7. The summed E-state index contributed by atoms with van der Waals surface area (Å²) in [5.74, 6) is 0.499. The number of para-hydroxylation sites is 1. The van der Waals surface area contributed by atoms with E-state index in [0.717, 1.165) is 6.42 Å². The second kappa shape index (κ2) is 8.82. The Morgan fingerprint density at radius 2 is 1.90 bits per heavy atom. The maximum atomic E-state index is 13.1. The number of benzene rings is 1. The lowest BCUT2D eigenvalue weighted by Crippen LogP contribution is -2.29. The molecule has 1 amide bonds. The van der Waals surface area contributed by atoms with Gasteiger partial charge < -0.3 is 5.32 Å². The van der Waals surface area contributed by atoms with Crippen molar-refractivity contribution in [3.05, 3.63) is 46.9 Å². The van der Waals surface area contributed by atoms with Crippen LogP contribution in [0.15, 0.2) is 46.5 Å². The van der Waals surface area contributed by atoms with Gasteiger partial charge in [-0.1, -0.05) is 30.8 Å². The Hall–Kier alpha value is -2.61. The van der Waals surface area contributed by atoms with E-state index in [1.165, 1.54) is 11.8 Å². The summed E-state index contributed by atoms with van der Waals surface area (Å²) >= 11 is 1.30. The fourth-order valence-electron chi connectivity index (χ4n) is 3.04. The molecule has 1 aromatic carbocycles. The number of hydrogen-bond donors (Lipinski definition) is 1. The number of anilines is 1. The van der Waals surface area contributed by atoms with Gasteiger partial charge >= 0.3 is 0 Å². The number of fused-ring (bicyclic) bond motifs is 1. The van der Waals surface area contributed by atoms with E-state index >= 15 is 0 Å². The van der Waals surface area contributed by atoms with Crippen molar-refractivity contribution in [1.82, 2.24) is 19.3 Å². The molecule has 2 heterocycles. The lowest BCUT2D eigenvalue weighted by Gasteiger charge is -2.20. The molecule has 0 aliphatic rings. The molecule has 3 aromatic rings. The van der Waals surface area contributed by atoms with Crippen molar-refractivity contribution < 1.29 is 4.79 Å². The summed E-state index contributed by atoms with van der Waals surface area (Å²) in [6.45, 7) is 9.85.